The number of hydrogen-bond acceptors (Lipinski definition) is 3. The predicted octanol–water partition coefficient (Wildman–Crippen LogP) is 0.449. The first-order chi connectivity index (χ1) is 5.76. The van der Waals surface area contributed by atoms with Crippen LogP contribution in [0.25, 0.3) is 4.98 Å². The molecule has 2 N–H and O–H groups in total. The van der Waals surface area contributed by atoms with E-state index >= 15 is 0 Å². The van der Waals surface area contributed by atoms with Gasteiger partial charge in [0.1, 0.15) is 11.6 Å². The molecule has 4 nitrogen and oxygen atoms in total. The van der Waals surface area contributed by atoms with Crippen molar-refractivity contribution in [3.8, 4) is 0 Å². The molecule has 0 radical (unpaired) electrons. The van der Waals surface area contributed by atoms with Gasteiger partial charge in [0.05, 0.1) is 13.0 Å². The Kier molecular flexibility index (Phi) is 2.58. The van der Waals surface area contributed by atoms with Gasteiger partial charge in [-0.15, -0.1) is 0 Å². The number of rotatable bonds is 2. The van der Waals surface area contributed by atoms with Crippen LogP contribution in [-0.2, 0) is 0 Å². The maximum absolute atomic E-state index is 8.94. The monoisotopic (exact) mass is 167 g/mol. The van der Waals surface area contributed by atoms with E-state index in [1.807, 2.05) is 0 Å². The highest BCUT2D eigenvalue weighted by Crippen LogP contribution is 2.26. The zero-order chi connectivity index (χ0) is 9.03. The molecular weight excluding hydrogens is 156 g/mol. The normalized spacial score (nSPS) is 27.9. The summed E-state index contributed by atoms with van der Waals surface area (Å²) in [6, 6.07) is 0. The van der Waals surface area contributed by atoms with E-state index in [1.54, 1.807) is 18.2 Å². The summed E-state index contributed by atoms with van der Waals surface area (Å²) in [5, 5.41) is 26.4. The van der Waals surface area contributed by atoms with Crippen LogP contribution in [-0.4, -0.2) is 29.0 Å². The van der Waals surface area contributed by atoms with Gasteiger partial charge in [0.2, 0.25) is 5.39 Å². The molecule has 0 amide bonds. The van der Waals surface area contributed by atoms with Gasteiger partial charge in [-0.25, -0.2) is 0 Å². The zero-order valence-electron chi connectivity index (χ0n) is 6.64. The molecule has 1 rings (SSSR count). The SMILES string of the molecule is N#[N+]C1(CO)C=CC=C(CO)C1. The van der Waals surface area contributed by atoms with E-state index in [0.29, 0.717) is 6.42 Å². The molecule has 0 heterocycles. The zero-order valence-corrected chi connectivity index (χ0v) is 6.64. The number of aliphatic hydroxyl groups is 2. The summed E-state index contributed by atoms with van der Waals surface area (Å²) in [5.41, 5.74) is -0.184. The van der Waals surface area contributed by atoms with Crippen molar-refractivity contribution >= 4 is 0 Å². The lowest BCUT2D eigenvalue weighted by Gasteiger charge is -2.13. The van der Waals surface area contributed by atoms with Gasteiger partial charge in [-0.2, -0.15) is 0 Å². The van der Waals surface area contributed by atoms with Crippen LogP contribution in [0.3, 0.4) is 0 Å². The van der Waals surface area contributed by atoms with Crippen LogP contribution in [0.4, 0.5) is 0 Å². The third-order valence-corrected chi connectivity index (χ3v) is 1.95. The molecule has 4 heteroatoms. The lowest BCUT2D eigenvalue weighted by Crippen LogP contribution is -2.29. The topological polar surface area (TPSA) is 68.6 Å². The second kappa shape index (κ2) is 3.48. The second-order valence-corrected chi connectivity index (χ2v) is 2.88. The Balaban J connectivity index is 2.82. The van der Waals surface area contributed by atoms with Crippen LogP contribution in [0.5, 0.6) is 0 Å². The molecule has 0 aromatic rings. The summed E-state index contributed by atoms with van der Waals surface area (Å²) >= 11 is 0. The minimum atomic E-state index is -0.938. The summed E-state index contributed by atoms with van der Waals surface area (Å²) in [6.07, 6.45) is 5.41. The Morgan fingerprint density at radius 1 is 1.58 bits per heavy atom. The van der Waals surface area contributed by atoms with Gasteiger partial charge in [0.25, 0.3) is 0 Å². The van der Waals surface area contributed by atoms with Crippen molar-refractivity contribution in [2.24, 2.45) is 0 Å². The molecule has 0 aromatic carbocycles. The van der Waals surface area contributed by atoms with Crippen molar-refractivity contribution in [3.63, 3.8) is 0 Å². The van der Waals surface area contributed by atoms with E-state index in [4.69, 9.17) is 15.6 Å². The number of diazo groups is 1. The molecule has 0 fully saturated rings. The van der Waals surface area contributed by atoms with Crippen LogP contribution >= 0.6 is 0 Å². The Morgan fingerprint density at radius 3 is 2.83 bits per heavy atom. The lowest BCUT2D eigenvalue weighted by atomic mass is 9.88. The minimum Gasteiger partial charge on any atom is -0.392 e. The molecular formula is C8H11N2O2+. The van der Waals surface area contributed by atoms with Gasteiger partial charge in [-0.3, -0.25) is 0 Å². The van der Waals surface area contributed by atoms with Crippen molar-refractivity contribution in [1.29, 1.82) is 5.39 Å². The fraction of sp³-hybridized carbons (Fsp3) is 0.500. The maximum atomic E-state index is 8.94. The van der Waals surface area contributed by atoms with Crippen LogP contribution in [0.15, 0.2) is 23.8 Å². The number of aliphatic hydroxyl groups excluding tert-OH is 2. The highest BCUT2D eigenvalue weighted by molar-refractivity contribution is 5.30. The van der Waals surface area contributed by atoms with Crippen molar-refractivity contribution in [1.82, 2.24) is 0 Å². The highest BCUT2D eigenvalue weighted by Gasteiger charge is 2.42. The van der Waals surface area contributed by atoms with Gasteiger partial charge < -0.3 is 10.2 Å². The van der Waals surface area contributed by atoms with Crippen molar-refractivity contribution in [2.45, 2.75) is 12.0 Å². The van der Waals surface area contributed by atoms with Gasteiger partial charge in [0, 0.05) is 6.08 Å². The predicted molar refractivity (Wildman–Crippen MR) is 43.8 cm³/mol. The molecule has 0 aliphatic heterocycles. The van der Waals surface area contributed by atoms with Crippen LogP contribution < -0.4 is 0 Å². The quantitative estimate of drug-likeness (QED) is 0.586. The molecule has 1 atom stereocenters. The van der Waals surface area contributed by atoms with Crippen LogP contribution in [0, 0.1) is 5.39 Å². The molecule has 12 heavy (non-hydrogen) atoms. The standard InChI is InChI=1S/C8H11N2O2/c9-10-8(6-12)3-1-2-7(4-8)5-11/h1-3,11-12H,4-6H2/q+1. The van der Waals surface area contributed by atoms with Gasteiger partial charge in [0.15, 0.2) is 0 Å². The van der Waals surface area contributed by atoms with E-state index in [1.165, 1.54) is 0 Å². The minimum absolute atomic E-state index is 0.0678. The van der Waals surface area contributed by atoms with E-state index < -0.39 is 5.54 Å². The fourth-order valence-corrected chi connectivity index (χ4v) is 1.19. The molecule has 0 aromatic heterocycles. The van der Waals surface area contributed by atoms with E-state index in [-0.39, 0.29) is 13.2 Å². The average molecular weight is 167 g/mol. The summed E-state index contributed by atoms with van der Waals surface area (Å²) in [7, 11) is 0. The first-order valence-corrected chi connectivity index (χ1v) is 3.71. The summed E-state index contributed by atoms with van der Waals surface area (Å²) in [6.45, 7) is -0.320. The van der Waals surface area contributed by atoms with Crippen LogP contribution in [0.1, 0.15) is 6.42 Å². The van der Waals surface area contributed by atoms with Crippen LogP contribution in [0.2, 0.25) is 0 Å². The third kappa shape index (κ3) is 1.52. The number of allylic oxidation sites excluding steroid dienone is 2. The van der Waals surface area contributed by atoms with Crippen molar-refractivity contribution < 1.29 is 10.2 Å². The molecule has 0 spiro atoms. The van der Waals surface area contributed by atoms with Crippen molar-refractivity contribution in [2.75, 3.05) is 13.2 Å². The smallest absolute Gasteiger partial charge is 0.367 e. The van der Waals surface area contributed by atoms with Gasteiger partial charge in [-0.1, -0.05) is 12.2 Å². The van der Waals surface area contributed by atoms with Gasteiger partial charge in [-0.05, 0) is 5.57 Å². The fourth-order valence-electron chi connectivity index (χ4n) is 1.19. The lowest BCUT2D eigenvalue weighted by molar-refractivity contribution is 0.239. The molecule has 0 saturated heterocycles. The Labute approximate surface area is 70.5 Å². The first kappa shape index (κ1) is 8.91. The maximum Gasteiger partial charge on any atom is 0.367 e. The van der Waals surface area contributed by atoms with Gasteiger partial charge >= 0.3 is 5.54 Å². The molecule has 64 valence electrons. The Morgan fingerprint density at radius 2 is 2.33 bits per heavy atom. The molecule has 1 aliphatic rings. The summed E-state index contributed by atoms with van der Waals surface area (Å²) in [4.78, 5) is 3.11. The summed E-state index contributed by atoms with van der Waals surface area (Å²) < 4.78 is 0. The largest absolute Gasteiger partial charge is 0.392 e. The van der Waals surface area contributed by atoms with E-state index in [2.05, 4.69) is 4.98 Å². The highest BCUT2D eigenvalue weighted by atomic mass is 16.3. The number of nitrogens with zero attached hydrogens (tertiary/aromatic N) is 2. The third-order valence-electron chi connectivity index (χ3n) is 1.95. The molecule has 1 unspecified atom stereocenters. The molecule has 0 saturated carbocycles. The number of hydrogen-bond donors (Lipinski definition) is 2. The second-order valence-electron chi connectivity index (χ2n) is 2.88. The molecule has 1 aliphatic carbocycles. The first-order valence-electron chi connectivity index (χ1n) is 3.71. The Hall–Kier alpha value is -1.18. The Bertz CT molecular complexity index is 265. The molecule has 0 bridgehead atoms. The van der Waals surface area contributed by atoms with E-state index in [0.717, 1.165) is 5.57 Å². The summed E-state index contributed by atoms with van der Waals surface area (Å²) in [5.74, 6) is 0. The van der Waals surface area contributed by atoms with E-state index in [9.17, 15) is 0 Å². The van der Waals surface area contributed by atoms with Crippen molar-refractivity contribution in [3.05, 3.63) is 28.8 Å². The average Bonchev–Trinajstić information content (AvgIpc) is 2.18.